The highest BCUT2D eigenvalue weighted by Gasteiger charge is 2.27. The summed E-state index contributed by atoms with van der Waals surface area (Å²) in [4.78, 5) is 12.8. The van der Waals surface area contributed by atoms with Crippen molar-refractivity contribution < 1.29 is 26.4 Å². The molecule has 0 aliphatic carbocycles. The van der Waals surface area contributed by atoms with Crippen molar-refractivity contribution in [2.24, 2.45) is 0 Å². The van der Waals surface area contributed by atoms with Crippen LogP contribution in [0.1, 0.15) is 28.8 Å². The molecule has 9 nitrogen and oxygen atoms in total. The molecule has 33 heavy (non-hydrogen) atoms. The second-order valence-corrected chi connectivity index (χ2v) is 11.8. The van der Waals surface area contributed by atoms with Crippen molar-refractivity contribution in [2.45, 2.75) is 24.7 Å². The van der Waals surface area contributed by atoms with Crippen molar-refractivity contribution in [1.29, 1.82) is 0 Å². The largest absolute Gasteiger partial charge is 0.492 e. The van der Waals surface area contributed by atoms with E-state index in [1.54, 1.807) is 37.3 Å². The fraction of sp³-hybridized carbons (Fsp3) is 0.409. The van der Waals surface area contributed by atoms with Gasteiger partial charge in [0.05, 0.1) is 23.4 Å². The van der Waals surface area contributed by atoms with Crippen LogP contribution in [0, 0.1) is 6.92 Å². The molecule has 1 heterocycles. The summed E-state index contributed by atoms with van der Waals surface area (Å²) >= 11 is 0. The van der Waals surface area contributed by atoms with Crippen molar-refractivity contribution >= 4 is 31.6 Å². The van der Waals surface area contributed by atoms with Crippen molar-refractivity contribution in [1.82, 2.24) is 9.62 Å². The monoisotopic (exact) mass is 495 g/mol. The van der Waals surface area contributed by atoms with Crippen molar-refractivity contribution in [2.75, 3.05) is 43.8 Å². The Morgan fingerprint density at radius 1 is 1.06 bits per heavy atom. The Kier molecular flexibility index (Phi) is 7.65. The Hall–Kier alpha value is -2.63. The van der Waals surface area contributed by atoms with E-state index in [-0.39, 0.29) is 24.0 Å². The second-order valence-electron chi connectivity index (χ2n) is 7.87. The summed E-state index contributed by atoms with van der Waals surface area (Å²) in [5, 5.41) is 2.75. The number of carbonyl (C=O) groups excluding carboxylic acids is 1. The number of carbonyl (C=O) groups is 1. The fourth-order valence-corrected chi connectivity index (χ4v) is 5.68. The SMILES string of the molecule is Cc1c(C(=O)NCCOc2ccc(S(=O)(=O)N3CCCC3)cc2)cccc1N(C)S(C)(=O)=O. The molecule has 11 heteroatoms. The summed E-state index contributed by atoms with van der Waals surface area (Å²) in [5.41, 5.74) is 1.36. The highest BCUT2D eigenvalue weighted by molar-refractivity contribution is 7.92. The first-order valence-electron chi connectivity index (χ1n) is 10.6. The third-order valence-electron chi connectivity index (χ3n) is 5.57. The van der Waals surface area contributed by atoms with Crippen LogP contribution in [0.3, 0.4) is 0 Å². The summed E-state index contributed by atoms with van der Waals surface area (Å²) in [6, 6.07) is 11.1. The molecular weight excluding hydrogens is 466 g/mol. The number of sulfonamides is 2. The van der Waals surface area contributed by atoms with E-state index in [1.807, 2.05) is 0 Å². The molecule has 0 bridgehead atoms. The molecule has 180 valence electrons. The minimum Gasteiger partial charge on any atom is -0.492 e. The summed E-state index contributed by atoms with van der Waals surface area (Å²) in [5.74, 6) is 0.157. The van der Waals surface area contributed by atoms with Gasteiger partial charge in [-0.15, -0.1) is 0 Å². The van der Waals surface area contributed by atoms with Crippen LogP contribution < -0.4 is 14.4 Å². The zero-order valence-corrected chi connectivity index (χ0v) is 20.6. The van der Waals surface area contributed by atoms with Gasteiger partial charge in [-0.2, -0.15) is 4.31 Å². The van der Waals surface area contributed by atoms with Crippen LogP contribution in [-0.2, 0) is 20.0 Å². The normalized spacial score (nSPS) is 14.8. The maximum absolute atomic E-state index is 12.6. The quantitative estimate of drug-likeness (QED) is 0.533. The number of hydrogen-bond donors (Lipinski definition) is 1. The number of anilines is 1. The van der Waals surface area contributed by atoms with E-state index in [0.717, 1.165) is 23.4 Å². The van der Waals surface area contributed by atoms with E-state index >= 15 is 0 Å². The lowest BCUT2D eigenvalue weighted by Crippen LogP contribution is -2.30. The van der Waals surface area contributed by atoms with Crippen LogP contribution in [0.4, 0.5) is 5.69 Å². The van der Waals surface area contributed by atoms with E-state index in [9.17, 15) is 21.6 Å². The average Bonchev–Trinajstić information content (AvgIpc) is 3.32. The van der Waals surface area contributed by atoms with Crippen LogP contribution in [-0.4, -0.2) is 66.6 Å². The number of benzene rings is 2. The van der Waals surface area contributed by atoms with Gasteiger partial charge in [0.25, 0.3) is 5.91 Å². The summed E-state index contributed by atoms with van der Waals surface area (Å²) in [6.07, 6.45) is 2.86. The molecule has 1 amide bonds. The molecule has 1 N–H and O–H groups in total. The Morgan fingerprint density at radius 3 is 2.30 bits per heavy atom. The van der Waals surface area contributed by atoms with E-state index in [4.69, 9.17) is 4.74 Å². The number of hydrogen-bond acceptors (Lipinski definition) is 6. The fourth-order valence-electron chi connectivity index (χ4n) is 3.60. The number of nitrogens with one attached hydrogen (secondary N) is 1. The van der Waals surface area contributed by atoms with Gasteiger partial charge in [0.15, 0.2) is 0 Å². The zero-order valence-electron chi connectivity index (χ0n) is 18.9. The lowest BCUT2D eigenvalue weighted by Gasteiger charge is -2.20. The van der Waals surface area contributed by atoms with E-state index < -0.39 is 20.0 Å². The molecule has 2 aromatic rings. The maximum atomic E-state index is 12.6. The molecular formula is C22H29N3O6S2. The van der Waals surface area contributed by atoms with Gasteiger partial charge in [-0.05, 0) is 61.7 Å². The molecule has 1 aliphatic rings. The van der Waals surface area contributed by atoms with Gasteiger partial charge < -0.3 is 10.1 Å². The molecule has 0 saturated carbocycles. The first kappa shape index (κ1) is 25.0. The molecule has 0 aromatic heterocycles. The van der Waals surface area contributed by atoms with Gasteiger partial charge in [0.1, 0.15) is 12.4 Å². The predicted molar refractivity (Wildman–Crippen MR) is 127 cm³/mol. The van der Waals surface area contributed by atoms with E-state index in [1.165, 1.54) is 23.5 Å². The zero-order chi connectivity index (χ0) is 24.2. The first-order chi connectivity index (χ1) is 15.5. The summed E-state index contributed by atoms with van der Waals surface area (Å²) in [7, 11) is -5.48. The Bertz CT molecular complexity index is 1210. The van der Waals surface area contributed by atoms with Crippen molar-refractivity contribution in [3.63, 3.8) is 0 Å². The Labute approximate surface area is 195 Å². The highest BCUT2D eigenvalue weighted by Crippen LogP contribution is 2.24. The van der Waals surface area contributed by atoms with Crippen molar-refractivity contribution in [3.05, 3.63) is 53.6 Å². The lowest BCUT2D eigenvalue weighted by molar-refractivity contribution is 0.0946. The van der Waals surface area contributed by atoms with Gasteiger partial charge in [-0.3, -0.25) is 9.10 Å². The third kappa shape index (κ3) is 5.84. The molecule has 0 atom stereocenters. The summed E-state index contributed by atoms with van der Waals surface area (Å²) < 4.78 is 57.0. The minimum absolute atomic E-state index is 0.186. The molecule has 1 saturated heterocycles. The van der Waals surface area contributed by atoms with Crippen LogP contribution in [0.2, 0.25) is 0 Å². The van der Waals surface area contributed by atoms with Gasteiger partial charge in [0.2, 0.25) is 20.0 Å². The average molecular weight is 496 g/mol. The maximum Gasteiger partial charge on any atom is 0.251 e. The molecule has 0 spiro atoms. The smallest absolute Gasteiger partial charge is 0.251 e. The van der Waals surface area contributed by atoms with Crippen LogP contribution in [0.5, 0.6) is 5.75 Å². The van der Waals surface area contributed by atoms with E-state index in [2.05, 4.69) is 5.32 Å². The molecule has 0 radical (unpaired) electrons. The predicted octanol–water partition coefficient (Wildman–Crippen LogP) is 1.98. The highest BCUT2D eigenvalue weighted by atomic mass is 32.2. The van der Waals surface area contributed by atoms with Gasteiger partial charge in [0, 0.05) is 25.7 Å². The number of ether oxygens (including phenoxy) is 1. The molecule has 2 aromatic carbocycles. The van der Waals surface area contributed by atoms with Crippen LogP contribution in [0.15, 0.2) is 47.4 Å². The van der Waals surface area contributed by atoms with E-state index in [0.29, 0.717) is 35.7 Å². The second kappa shape index (κ2) is 10.1. The number of rotatable bonds is 9. The van der Waals surface area contributed by atoms with Crippen LogP contribution >= 0.6 is 0 Å². The standard InChI is InChI=1S/C22H29N3O6S2/c1-17-20(7-6-8-21(17)24(2)32(3,27)28)22(26)23-13-16-31-18-9-11-19(12-10-18)33(29,30)25-14-4-5-15-25/h6-12H,4-5,13-16H2,1-3H3,(H,23,26). The van der Waals surface area contributed by atoms with Crippen molar-refractivity contribution in [3.8, 4) is 5.75 Å². The van der Waals surface area contributed by atoms with Gasteiger partial charge in [-0.25, -0.2) is 16.8 Å². The van der Waals surface area contributed by atoms with Crippen LogP contribution in [0.25, 0.3) is 0 Å². The molecule has 3 rings (SSSR count). The van der Waals surface area contributed by atoms with Gasteiger partial charge >= 0.3 is 0 Å². The summed E-state index contributed by atoms with van der Waals surface area (Å²) in [6.45, 7) is 3.20. The number of amides is 1. The van der Waals surface area contributed by atoms with Gasteiger partial charge in [-0.1, -0.05) is 6.07 Å². The molecule has 0 unspecified atom stereocenters. The third-order valence-corrected chi connectivity index (χ3v) is 8.67. The Balaban J connectivity index is 1.55. The Morgan fingerprint density at radius 2 is 1.70 bits per heavy atom. The topological polar surface area (TPSA) is 113 Å². The lowest BCUT2D eigenvalue weighted by atomic mass is 10.1. The molecule has 1 aliphatic heterocycles. The number of nitrogens with zero attached hydrogens (tertiary/aromatic N) is 2. The molecule has 1 fully saturated rings. The minimum atomic E-state index is -3.47. The first-order valence-corrected chi connectivity index (χ1v) is 13.9.